The minimum Gasteiger partial charge on any atom is -0.368 e. The van der Waals surface area contributed by atoms with Gasteiger partial charge in [0.2, 0.25) is 41.9 Å². The molecule has 372 valence electrons. The average molecular weight is 959 g/mol. The number of fused-ring (bicyclic) bond motifs is 2. The minimum absolute atomic E-state index is 0.0480. The Morgan fingerprint density at radius 3 is 1.74 bits per heavy atom. The Labute approximate surface area is 407 Å². The van der Waals surface area contributed by atoms with Gasteiger partial charge in [-0.05, 0) is 75.4 Å². The van der Waals surface area contributed by atoms with Gasteiger partial charge >= 0.3 is 0 Å². The maximum Gasteiger partial charge on any atom is 0.243 e. The summed E-state index contributed by atoms with van der Waals surface area (Å²) >= 11 is 0. The van der Waals surface area contributed by atoms with E-state index in [1.54, 1.807) is 33.2 Å². The number of carbonyl (C=O) groups is 7. The molecule has 0 spiro atoms. The number of nitrogens with zero attached hydrogens (tertiary/aromatic N) is 1. The molecule has 2 heterocycles. The van der Waals surface area contributed by atoms with Gasteiger partial charge < -0.3 is 64.0 Å². The van der Waals surface area contributed by atoms with Gasteiger partial charge in [0, 0.05) is 66.2 Å². The van der Waals surface area contributed by atoms with Crippen molar-refractivity contribution in [1.29, 1.82) is 0 Å². The molecule has 0 aliphatic carbocycles. The summed E-state index contributed by atoms with van der Waals surface area (Å²) in [6, 6.07) is 21.8. The zero-order valence-corrected chi connectivity index (χ0v) is 39.9. The Kier molecular flexibility index (Phi) is 22.2. The highest BCUT2D eigenvalue weighted by Crippen LogP contribution is 2.21. The fourth-order valence-electron chi connectivity index (χ4n) is 7.39. The zero-order valence-electron chi connectivity index (χ0n) is 39.9. The Hall–Kier alpha value is -7.95. The van der Waals surface area contributed by atoms with Crippen LogP contribution in [0, 0.1) is 12.0 Å². The number of H-pyrrole nitrogens is 2. The molecule has 70 heavy (non-hydrogen) atoms. The molecule has 5 rings (SSSR count). The first kappa shape index (κ1) is 54.7. The number of hydrogen-bond acceptors (Lipinski definition) is 10. The van der Waals surface area contributed by atoms with Crippen molar-refractivity contribution >= 4 is 63.7 Å². The molecule has 0 bridgehead atoms. The molecule has 3 aromatic carbocycles. The minimum atomic E-state index is -1.19. The van der Waals surface area contributed by atoms with Gasteiger partial charge in [-0.3, -0.25) is 33.6 Å². The van der Waals surface area contributed by atoms with Crippen molar-refractivity contribution in [1.82, 2.24) is 46.8 Å². The summed E-state index contributed by atoms with van der Waals surface area (Å²) in [5.41, 5.74) is 19.6. The van der Waals surface area contributed by atoms with E-state index < -0.39 is 71.7 Å². The van der Waals surface area contributed by atoms with Gasteiger partial charge in [0.25, 0.3) is 0 Å². The number of unbranched alkanes of at least 4 members (excludes halogenated alkanes) is 1. The number of rotatable bonds is 26. The van der Waals surface area contributed by atoms with E-state index in [-0.39, 0.29) is 25.8 Å². The van der Waals surface area contributed by atoms with Crippen LogP contribution in [-0.2, 0) is 52.8 Å². The van der Waals surface area contributed by atoms with E-state index in [0.717, 1.165) is 38.5 Å². The number of nitrogens with two attached hydrogens (primary N) is 3. The van der Waals surface area contributed by atoms with Crippen molar-refractivity contribution in [2.45, 2.75) is 88.6 Å². The molecule has 6 atom stereocenters. The summed E-state index contributed by atoms with van der Waals surface area (Å²) in [4.78, 5) is 97.3. The van der Waals surface area contributed by atoms with E-state index in [1.165, 1.54) is 0 Å². The number of carbonyl (C=O) groups excluding carboxylic acids is 7. The van der Waals surface area contributed by atoms with Crippen LogP contribution in [0.3, 0.4) is 0 Å². The molecular weight excluding hydrogens is 893 g/mol. The topological polar surface area (TPSA) is 305 Å². The van der Waals surface area contributed by atoms with Crippen molar-refractivity contribution in [2.75, 3.05) is 26.7 Å². The average Bonchev–Trinajstić information content (AvgIpc) is 3.96. The molecule has 7 amide bonds. The predicted octanol–water partition coefficient (Wildman–Crippen LogP) is 0.894. The number of likely N-dealkylation sites (N-methyl/N-ethyl adjacent to an activating group) is 1. The number of aromatic nitrogens is 2. The molecule has 0 fully saturated rings. The van der Waals surface area contributed by atoms with E-state index in [2.05, 4.69) is 66.1 Å². The fourth-order valence-corrected chi connectivity index (χ4v) is 7.39. The number of aromatic amines is 2. The molecule has 14 N–H and O–H groups in total. The lowest BCUT2D eigenvalue weighted by molar-refractivity contribution is -0.134. The van der Waals surface area contributed by atoms with E-state index in [1.807, 2.05) is 90.0 Å². The Balaban J connectivity index is 0.00000167. The molecule has 0 saturated heterocycles. The van der Waals surface area contributed by atoms with Crippen LogP contribution in [0.15, 0.2) is 104 Å². The van der Waals surface area contributed by atoms with E-state index >= 15 is 0 Å². The molecule has 0 aliphatic rings. The molecule has 5 aromatic rings. The predicted molar refractivity (Wildman–Crippen MR) is 270 cm³/mol. The summed E-state index contributed by atoms with van der Waals surface area (Å²) in [6.07, 6.45) is 7.74. The molecule has 1 unspecified atom stereocenters. The highest BCUT2D eigenvalue weighted by Gasteiger charge is 2.32. The third-order valence-electron chi connectivity index (χ3n) is 11.3. The number of primary amides is 2. The Morgan fingerprint density at radius 1 is 0.686 bits per heavy atom. The molecular formula is C51H66N12O7. The Morgan fingerprint density at radius 2 is 1.20 bits per heavy atom. The van der Waals surface area contributed by atoms with Crippen molar-refractivity contribution in [3.63, 3.8) is 0 Å². The second-order valence-electron chi connectivity index (χ2n) is 16.7. The monoisotopic (exact) mass is 959 g/mol. The summed E-state index contributed by atoms with van der Waals surface area (Å²) in [5.74, 6) is -0.628. The smallest absolute Gasteiger partial charge is 0.243 e. The van der Waals surface area contributed by atoms with Gasteiger partial charge in [-0.15, -0.1) is 6.58 Å². The maximum absolute atomic E-state index is 14.4. The third-order valence-corrected chi connectivity index (χ3v) is 11.3. The summed E-state index contributed by atoms with van der Waals surface area (Å²) in [7, 11) is 1.67. The van der Waals surface area contributed by atoms with Crippen LogP contribution >= 0.6 is 0 Å². The van der Waals surface area contributed by atoms with E-state index in [4.69, 9.17) is 11.5 Å². The Bertz CT molecular complexity index is 2600. The number of hydrogen-bond donors (Lipinski definition) is 11. The van der Waals surface area contributed by atoms with Crippen LogP contribution in [0.25, 0.3) is 21.8 Å². The van der Waals surface area contributed by atoms with Crippen LogP contribution in [-0.4, -0.2) is 120 Å². The second kappa shape index (κ2) is 28.4. The SMILES string of the molecule is C=CCN(C#CCNC=O)CCCC[C@H](NC(=O)[C@@H](Cc1ccccc1)NC(=O)[C@H](Cc1c[nH]c2ccccc12)NC(=O)[C@H](C)NC(=O)[C@@H](Cc1c[nH]c2ccccc12)NC)C(N)=O.CC(N)C(N)=O. The number of benzene rings is 3. The zero-order chi connectivity index (χ0) is 51.0. The first-order valence-electron chi connectivity index (χ1n) is 23.0. The summed E-state index contributed by atoms with van der Waals surface area (Å²) in [5, 5.41) is 18.6. The van der Waals surface area contributed by atoms with Crippen LogP contribution in [0.2, 0.25) is 0 Å². The molecule has 2 aromatic heterocycles. The standard InChI is InChI=1S/C48H58N10O6.C3H8N2O/c1-4-23-58(25-14-22-51-31-59)24-13-12-21-40(44(49)60)55-47(63)42(26-33-15-6-5-7-16-33)57-48(64)43(28-35-30-53-39-20-11-9-18-37(35)39)56-45(61)32(2)54-46(62)41(50-3)27-34-29-52-38-19-10-8-17-36(34)38;1-2(4)3(5)6/h4-11,15-20,29-32,40-43,50,52-53H,1,12-13,21-24,26-28H2,2-3H3,(H2,49,60)(H,51,59)(H,54,62)(H,55,63)(H,56,61)(H,57,64);2H,4H2,1H3,(H2,5,6)/t32-,40-,41+,42+,43-;/m0./s1. The largest absolute Gasteiger partial charge is 0.368 e. The van der Waals surface area contributed by atoms with Gasteiger partial charge in [-0.25, -0.2) is 0 Å². The van der Waals surface area contributed by atoms with E-state index in [0.29, 0.717) is 38.8 Å². The van der Waals surface area contributed by atoms with Crippen LogP contribution in [0.5, 0.6) is 0 Å². The van der Waals surface area contributed by atoms with Gasteiger partial charge in [-0.1, -0.05) is 78.7 Å². The molecule has 0 saturated carbocycles. The maximum atomic E-state index is 14.4. The van der Waals surface area contributed by atoms with Crippen molar-refractivity contribution in [3.05, 3.63) is 121 Å². The van der Waals surface area contributed by atoms with Crippen molar-refractivity contribution < 1.29 is 33.6 Å². The normalized spacial score (nSPS) is 13.3. The molecule has 19 heteroatoms. The summed E-state index contributed by atoms with van der Waals surface area (Å²) in [6.45, 7) is 8.08. The fraction of sp³-hybridized carbons (Fsp3) is 0.353. The van der Waals surface area contributed by atoms with Crippen molar-refractivity contribution in [2.24, 2.45) is 17.2 Å². The van der Waals surface area contributed by atoms with Crippen LogP contribution in [0.4, 0.5) is 0 Å². The summed E-state index contributed by atoms with van der Waals surface area (Å²) < 4.78 is 0. The van der Waals surface area contributed by atoms with Crippen molar-refractivity contribution in [3.8, 4) is 12.0 Å². The van der Waals surface area contributed by atoms with Crippen LogP contribution in [0.1, 0.15) is 49.8 Å². The lowest BCUT2D eigenvalue weighted by atomic mass is 10.0. The number of nitrogens with one attached hydrogen (secondary N) is 8. The van der Waals surface area contributed by atoms with Gasteiger partial charge in [-0.2, -0.15) is 0 Å². The first-order chi connectivity index (χ1) is 33.6. The lowest BCUT2D eigenvalue weighted by Crippen LogP contribution is -2.59. The second-order valence-corrected chi connectivity index (χ2v) is 16.7. The lowest BCUT2D eigenvalue weighted by Gasteiger charge is -2.26. The van der Waals surface area contributed by atoms with Gasteiger partial charge in [0.15, 0.2) is 0 Å². The van der Waals surface area contributed by atoms with E-state index in [9.17, 15) is 33.6 Å². The van der Waals surface area contributed by atoms with Crippen LogP contribution < -0.4 is 49.1 Å². The number of amides is 7. The molecule has 0 aliphatic heterocycles. The number of para-hydroxylation sites is 2. The highest BCUT2D eigenvalue weighted by molar-refractivity contribution is 5.96. The highest BCUT2D eigenvalue weighted by atomic mass is 16.2. The quantitative estimate of drug-likeness (QED) is 0.0122. The molecule has 19 nitrogen and oxygen atoms in total. The van der Waals surface area contributed by atoms with Gasteiger partial charge in [0.05, 0.1) is 18.6 Å². The molecule has 0 radical (unpaired) electrons. The third kappa shape index (κ3) is 17.3. The first-order valence-corrected chi connectivity index (χ1v) is 23.0. The van der Waals surface area contributed by atoms with Gasteiger partial charge in [0.1, 0.15) is 24.2 Å².